The molecule has 17 heavy (non-hydrogen) atoms. The fourth-order valence-corrected chi connectivity index (χ4v) is 7.67. The van der Waals surface area contributed by atoms with Crippen molar-refractivity contribution in [2.24, 2.45) is 0 Å². The normalized spacial score (nSPS) is 24.1. The van der Waals surface area contributed by atoms with Gasteiger partial charge in [0.15, 0.2) is 7.14 Å². The van der Waals surface area contributed by atoms with Gasteiger partial charge in [0.05, 0.1) is 0 Å². The molecule has 0 radical (unpaired) electrons. The minimum absolute atomic E-state index is 0.407. The quantitative estimate of drug-likeness (QED) is 0.497. The lowest BCUT2D eigenvalue weighted by Gasteiger charge is -2.34. The molecule has 2 saturated carbocycles. The van der Waals surface area contributed by atoms with Crippen LogP contribution < -0.4 is 0 Å². The maximum Gasteiger partial charge on any atom is 0.161 e. The maximum atomic E-state index is 13.3. The summed E-state index contributed by atoms with van der Waals surface area (Å²) in [4.78, 5) is 2.80. The minimum atomic E-state index is -2.28. The van der Waals surface area contributed by atoms with Gasteiger partial charge in [0, 0.05) is 27.2 Å². The monoisotopic (exact) mass is 316 g/mol. The first-order valence-electron chi connectivity index (χ1n) is 6.99. The van der Waals surface area contributed by atoms with Gasteiger partial charge >= 0.3 is 0 Å². The Kier molecular flexibility index (Phi) is 5.19. The van der Waals surface area contributed by atoms with Crippen molar-refractivity contribution in [3.05, 3.63) is 0 Å². The molecule has 0 aliphatic heterocycles. The summed E-state index contributed by atoms with van der Waals surface area (Å²) < 4.78 is 13.3. The largest absolute Gasteiger partial charge is 0.309 e. The van der Waals surface area contributed by atoms with E-state index < -0.39 is 7.14 Å². The van der Waals surface area contributed by atoms with E-state index in [1.807, 2.05) is 0 Å². The molecule has 0 bridgehead atoms. The van der Waals surface area contributed by atoms with Gasteiger partial charge in [-0.05, 0) is 36.2 Å². The van der Waals surface area contributed by atoms with Crippen LogP contribution in [0.4, 0.5) is 0 Å². The molecular formula is C14H22BrOP. The fraction of sp³-hybridized carbons (Fsp3) is 0.857. The molecule has 0 aromatic heterocycles. The predicted molar refractivity (Wildman–Crippen MR) is 78.1 cm³/mol. The number of halogens is 1. The Morgan fingerprint density at radius 1 is 0.824 bits per heavy atom. The van der Waals surface area contributed by atoms with Gasteiger partial charge in [-0.1, -0.05) is 38.5 Å². The molecule has 0 unspecified atom stereocenters. The van der Waals surface area contributed by atoms with Gasteiger partial charge in [-0.25, -0.2) is 0 Å². The standard InChI is InChI=1S/C14H22BrOP/c15-11-12-17(16,13-7-3-1-4-8-13)14-9-5-2-6-10-14/h13-14H,1-10H2. The Hall–Kier alpha value is 0.270. The smallest absolute Gasteiger partial charge is 0.161 e. The Morgan fingerprint density at radius 2 is 1.24 bits per heavy atom. The Balaban J connectivity index is 2.16. The first-order valence-corrected chi connectivity index (χ1v) is 9.63. The zero-order chi connectivity index (χ0) is 12.1. The van der Waals surface area contributed by atoms with Crippen LogP contribution >= 0.6 is 23.1 Å². The summed E-state index contributed by atoms with van der Waals surface area (Å²) in [5.41, 5.74) is 3.93. The van der Waals surface area contributed by atoms with E-state index in [0.717, 1.165) is 25.7 Å². The summed E-state index contributed by atoms with van der Waals surface area (Å²) in [5.74, 6) is 0. The maximum absolute atomic E-state index is 13.3. The molecule has 3 heteroatoms. The van der Waals surface area contributed by atoms with Crippen LogP contribution in [0.2, 0.25) is 0 Å². The number of rotatable bonds is 2. The van der Waals surface area contributed by atoms with Crippen LogP contribution in [-0.4, -0.2) is 11.3 Å². The van der Waals surface area contributed by atoms with Crippen molar-refractivity contribution in [1.29, 1.82) is 0 Å². The topological polar surface area (TPSA) is 17.1 Å². The van der Waals surface area contributed by atoms with E-state index in [0.29, 0.717) is 11.3 Å². The lowest BCUT2D eigenvalue weighted by atomic mass is 9.99. The van der Waals surface area contributed by atoms with Gasteiger partial charge in [-0.2, -0.15) is 0 Å². The van der Waals surface area contributed by atoms with E-state index in [4.69, 9.17) is 0 Å². The van der Waals surface area contributed by atoms with Crippen molar-refractivity contribution in [2.45, 2.75) is 75.5 Å². The van der Waals surface area contributed by atoms with E-state index in [1.165, 1.54) is 38.5 Å². The van der Waals surface area contributed by atoms with Gasteiger partial charge in [-0.15, -0.1) is 0 Å². The van der Waals surface area contributed by atoms with Crippen molar-refractivity contribution in [2.75, 3.05) is 0 Å². The third-order valence-corrected chi connectivity index (χ3v) is 8.62. The minimum Gasteiger partial charge on any atom is -0.309 e. The van der Waals surface area contributed by atoms with Gasteiger partial charge in [0.1, 0.15) is 0 Å². The summed E-state index contributed by atoms with van der Waals surface area (Å²) in [6.07, 6.45) is 12.3. The molecule has 0 atom stereocenters. The van der Waals surface area contributed by atoms with Gasteiger partial charge in [0.25, 0.3) is 0 Å². The van der Waals surface area contributed by atoms with Crippen LogP contribution in [0.5, 0.6) is 0 Å². The highest BCUT2D eigenvalue weighted by Gasteiger charge is 2.39. The van der Waals surface area contributed by atoms with Gasteiger partial charge < -0.3 is 4.57 Å². The van der Waals surface area contributed by atoms with Crippen LogP contribution in [0.1, 0.15) is 64.2 Å². The predicted octanol–water partition coefficient (Wildman–Crippen LogP) is 5.33. The summed E-state index contributed by atoms with van der Waals surface area (Å²) >= 11 is 3.19. The van der Waals surface area contributed by atoms with Crippen molar-refractivity contribution in [3.63, 3.8) is 0 Å². The van der Waals surface area contributed by atoms with Gasteiger partial charge in [-0.3, -0.25) is 0 Å². The zero-order valence-corrected chi connectivity index (χ0v) is 12.9. The van der Waals surface area contributed by atoms with Crippen LogP contribution in [-0.2, 0) is 4.57 Å². The summed E-state index contributed by atoms with van der Waals surface area (Å²) in [6.45, 7) is 0. The van der Waals surface area contributed by atoms with Crippen LogP contribution in [0.15, 0.2) is 0 Å². The molecule has 2 fully saturated rings. The molecule has 0 heterocycles. The Bertz CT molecular complexity index is 321. The van der Waals surface area contributed by atoms with Gasteiger partial charge in [0.2, 0.25) is 0 Å². The molecule has 0 saturated heterocycles. The molecule has 96 valence electrons. The Labute approximate surface area is 114 Å². The van der Waals surface area contributed by atoms with Crippen molar-refractivity contribution >= 4 is 23.1 Å². The number of hydrogen-bond donors (Lipinski definition) is 0. The zero-order valence-electron chi connectivity index (χ0n) is 10.5. The SMILES string of the molecule is O=P(C#CBr)(C1CCCCC1)C1CCCCC1. The van der Waals surface area contributed by atoms with E-state index >= 15 is 0 Å². The van der Waals surface area contributed by atoms with E-state index in [2.05, 4.69) is 26.4 Å². The molecule has 0 aromatic rings. The molecule has 1 nitrogen and oxygen atoms in total. The molecule has 0 aromatic carbocycles. The third kappa shape index (κ3) is 3.18. The van der Waals surface area contributed by atoms with E-state index in [9.17, 15) is 4.57 Å². The van der Waals surface area contributed by atoms with Crippen molar-refractivity contribution in [3.8, 4) is 10.5 Å². The first kappa shape index (κ1) is 13.7. The lowest BCUT2D eigenvalue weighted by Crippen LogP contribution is -2.22. The molecule has 2 rings (SSSR count). The Morgan fingerprint density at radius 3 is 1.59 bits per heavy atom. The second-order valence-corrected chi connectivity index (χ2v) is 9.00. The average Bonchev–Trinajstić information content (AvgIpc) is 2.41. The molecular weight excluding hydrogens is 295 g/mol. The highest BCUT2D eigenvalue weighted by molar-refractivity contribution is 9.12. The van der Waals surface area contributed by atoms with E-state index in [1.54, 1.807) is 0 Å². The molecule has 2 aliphatic rings. The second-order valence-electron chi connectivity index (χ2n) is 5.50. The molecule has 0 N–H and O–H groups in total. The third-order valence-electron chi connectivity index (χ3n) is 4.45. The first-order chi connectivity index (χ1) is 8.27. The van der Waals surface area contributed by atoms with Crippen molar-refractivity contribution < 1.29 is 4.57 Å². The molecule has 0 amide bonds. The summed E-state index contributed by atoms with van der Waals surface area (Å²) in [6, 6.07) is 0. The highest BCUT2D eigenvalue weighted by Crippen LogP contribution is 2.61. The van der Waals surface area contributed by atoms with Crippen LogP contribution in [0, 0.1) is 10.5 Å². The number of hydrogen-bond acceptors (Lipinski definition) is 1. The van der Waals surface area contributed by atoms with Crippen molar-refractivity contribution in [1.82, 2.24) is 0 Å². The van der Waals surface area contributed by atoms with E-state index in [-0.39, 0.29) is 0 Å². The molecule has 2 aliphatic carbocycles. The second kappa shape index (κ2) is 6.44. The van der Waals surface area contributed by atoms with Crippen LogP contribution in [0.3, 0.4) is 0 Å². The molecule has 0 spiro atoms. The summed E-state index contributed by atoms with van der Waals surface area (Å²) in [5, 5.41) is 0. The summed E-state index contributed by atoms with van der Waals surface area (Å²) in [7, 11) is -2.28. The fourth-order valence-electron chi connectivity index (χ4n) is 3.48. The van der Waals surface area contributed by atoms with Crippen LogP contribution in [0.25, 0.3) is 0 Å². The lowest BCUT2D eigenvalue weighted by molar-refractivity contribution is 0.453. The highest BCUT2D eigenvalue weighted by atomic mass is 79.9. The average molecular weight is 317 g/mol.